The van der Waals surface area contributed by atoms with Gasteiger partial charge in [-0.2, -0.15) is 0 Å². The van der Waals surface area contributed by atoms with E-state index in [0.717, 1.165) is 30.0 Å². The van der Waals surface area contributed by atoms with Gasteiger partial charge < -0.3 is 10.2 Å². The molecular formula is C34H35Cl2FN4O4. The first-order valence-corrected chi connectivity index (χ1v) is 15.8. The first kappa shape index (κ1) is 31.5. The quantitative estimate of drug-likeness (QED) is 0.211. The van der Waals surface area contributed by atoms with Gasteiger partial charge in [-0.25, -0.2) is 9.45 Å². The van der Waals surface area contributed by atoms with Gasteiger partial charge in [-0.3, -0.25) is 24.1 Å². The summed E-state index contributed by atoms with van der Waals surface area (Å²) in [5.41, 5.74) is 1.78. The highest BCUT2D eigenvalue weighted by atomic mass is 35.5. The third-order valence-corrected chi connectivity index (χ3v) is 10.3. The Kier molecular flexibility index (Phi) is 8.65. The first-order chi connectivity index (χ1) is 21.6. The van der Waals surface area contributed by atoms with E-state index in [9.17, 15) is 14.4 Å². The van der Waals surface area contributed by atoms with Crippen LogP contribution < -0.4 is 10.2 Å². The zero-order valence-corrected chi connectivity index (χ0v) is 26.8. The van der Waals surface area contributed by atoms with Crippen molar-refractivity contribution in [3.05, 3.63) is 93.2 Å². The Bertz CT molecular complexity index is 1630. The minimum atomic E-state index is -0.911. The van der Waals surface area contributed by atoms with Crippen molar-refractivity contribution >= 4 is 52.8 Å². The van der Waals surface area contributed by atoms with E-state index in [4.69, 9.17) is 28.0 Å². The summed E-state index contributed by atoms with van der Waals surface area (Å²) < 4.78 is 16.1. The number of hydrogen-bond acceptors (Lipinski definition) is 5. The van der Waals surface area contributed by atoms with Gasteiger partial charge in [-0.15, -0.1) is 0 Å². The van der Waals surface area contributed by atoms with Gasteiger partial charge in [0.2, 0.25) is 12.3 Å². The number of carbonyl (C=O) groups is 3. The van der Waals surface area contributed by atoms with Crippen molar-refractivity contribution < 1.29 is 23.6 Å². The molecule has 0 spiro atoms. The molecular weight excluding hydrogens is 618 g/mol. The fraction of sp³-hybridized carbons (Fsp3) is 0.382. The summed E-state index contributed by atoms with van der Waals surface area (Å²) in [7, 11) is 2.94. The number of nitrogens with one attached hydrogen (secondary N) is 1. The fourth-order valence-corrected chi connectivity index (χ4v) is 7.77. The van der Waals surface area contributed by atoms with Crippen LogP contribution >= 0.6 is 23.2 Å². The highest BCUT2D eigenvalue weighted by molar-refractivity contribution is 6.31. The number of halogens is 3. The van der Waals surface area contributed by atoms with E-state index in [1.54, 1.807) is 53.4 Å². The number of piperidine rings is 1. The van der Waals surface area contributed by atoms with Crippen molar-refractivity contribution in [3.8, 4) is 0 Å². The van der Waals surface area contributed by atoms with Crippen molar-refractivity contribution in [1.29, 1.82) is 0 Å². The molecule has 45 heavy (non-hydrogen) atoms. The zero-order chi connectivity index (χ0) is 32.0. The maximum atomic E-state index is 16.1. The van der Waals surface area contributed by atoms with Crippen LogP contribution in [0.4, 0.5) is 15.8 Å². The van der Waals surface area contributed by atoms with E-state index in [1.807, 2.05) is 13.0 Å². The van der Waals surface area contributed by atoms with Crippen LogP contribution in [0.25, 0.3) is 0 Å². The fourth-order valence-electron chi connectivity index (χ4n) is 7.41. The van der Waals surface area contributed by atoms with Crippen LogP contribution in [0.15, 0.2) is 60.7 Å². The van der Waals surface area contributed by atoms with E-state index in [2.05, 4.69) is 10.2 Å². The third kappa shape index (κ3) is 5.50. The van der Waals surface area contributed by atoms with Crippen molar-refractivity contribution in [3.63, 3.8) is 0 Å². The largest absolute Gasteiger partial charge is 0.328 e. The minimum Gasteiger partial charge on any atom is -0.328 e. The molecule has 6 rings (SSSR count). The van der Waals surface area contributed by atoms with Crippen LogP contribution in [-0.4, -0.2) is 61.5 Å². The van der Waals surface area contributed by atoms with E-state index in [1.165, 1.54) is 20.2 Å². The normalized spacial score (nSPS) is 24.8. The molecule has 4 atom stereocenters. The Morgan fingerprint density at radius 3 is 2.53 bits per heavy atom. The summed E-state index contributed by atoms with van der Waals surface area (Å²) >= 11 is 12.8. The molecule has 0 unspecified atom stereocenters. The highest BCUT2D eigenvalue weighted by Gasteiger charge is 2.63. The molecule has 1 saturated carbocycles. The second-order valence-electron chi connectivity index (χ2n) is 12.2. The predicted molar refractivity (Wildman–Crippen MR) is 172 cm³/mol. The summed E-state index contributed by atoms with van der Waals surface area (Å²) in [4.78, 5) is 48.2. The van der Waals surface area contributed by atoms with Crippen LogP contribution in [-0.2, 0) is 20.0 Å². The number of hydroxylamine groups is 2. The molecule has 2 saturated heterocycles. The lowest BCUT2D eigenvalue weighted by Crippen LogP contribution is -2.52. The molecule has 3 aromatic rings. The second-order valence-corrected chi connectivity index (χ2v) is 13.1. The molecule has 3 aromatic carbocycles. The van der Waals surface area contributed by atoms with E-state index < -0.39 is 23.2 Å². The van der Waals surface area contributed by atoms with Gasteiger partial charge >= 0.3 is 0 Å². The molecule has 3 amide bonds. The molecule has 8 nitrogen and oxygen atoms in total. The number of likely N-dealkylation sites (tertiary alicyclic amines) is 1. The number of fused-ring (bicyclic) bond motifs is 1. The Morgan fingerprint density at radius 1 is 1.13 bits per heavy atom. The predicted octanol–water partition coefficient (Wildman–Crippen LogP) is 6.48. The second kappa shape index (κ2) is 12.4. The number of carbonyl (C=O) groups excluding carboxylic acids is 3. The average Bonchev–Trinajstić information content (AvgIpc) is 3.82. The number of anilines is 2. The lowest BCUT2D eigenvalue weighted by atomic mass is 9.70. The minimum absolute atomic E-state index is 0.0178. The molecule has 1 N–H and O–H groups in total. The van der Waals surface area contributed by atoms with Crippen molar-refractivity contribution in [2.45, 2.75) is 43.7 Å². The van der Waals surface area contributed by atoms with Crippen molar-refractivity contribution in [1.82, 2.24) is 9.96 Å². The lowest BCUT2D eigenvalue weighted by Gasteiger charge is -2.43. The molecule has 11 heteroatoms. The number of nitrogens with zero attached hydrogens (tertiary/aromatic N) is 3. The Hall–Kier alpha value is -3.50. The maximum Gasteiger partial charge on any atom is 0.277 e. The van der Waals surface area contributed by atoms with E-state index >= 15 is 4.39 Å². The Labute approximate surface area is 272 Å². The van der Waals surface area contributed by atoms with Gasteiger partial charge in [0.25, 0.3) is 5.91 Å². The van der Waals surface area contributed by atoms with Crippen LogP contribution in [0, 0.1) is 17.7 Å². The Balaban J connectivity index is 1.49. The van der Waals surface area contributed by atoms with Crippen LogP contribution in [0.3, 0.4) is 0 Å². The molecule has 1 aliphatic carbocycles. The molecule has 2 aliphatic heterocycles. The number of amides is 3. The molecule has 0 bridgehead atoms. The molecule has 2 heterocycles. The van der Waals surface area contributed by atoms with Crippen LogP contribution in [0.2, 0.25) is 10.0 Å². The number of rotatable bonds is 9. The average molecular weight is 654 g/mol. The molecule has 3 fully saturated rings. The monoisotopic (exact) mass is 652 g/mol. The summed E-state index contributed by atoms with van der Waals surface area (Å²) in [5.74, 6) is -1.82. The molecule has 0 aromatic heterocycles. The summed E-state index contributed by atoms with van der Waals surface area (Å²) in [5, 5.41) is 4.38. The lowest BCUT2D eigenvalue weighted by molar-refractivity contribution is -0.125. The van der Waals surface area contributed by atoms with Gasteiger partial charge in [0.15, 0.2) is 0 Å². The number of benzene rings is 3. The maximum absolute atomic E-state index is 16.1. The molecule has 0 radical (unpaired) electrons. The van der Waals surface area contributed by atoms with Gasteiger partial charge in [0.05, 0.1) is 23.6 Å². The summed E-state index contributed by atoms with van der Waals surface area (Å²) in [6, 6.07) is 16.9. The van der Waals surface area contributed by atoms with Crippen molar-refractivity contribution in [2.24, 2.45) is 11.8 Å². The summed E-state index contributed by atoms with van der Waals surface area (Å²) in [6.45, 7) is 3.23. The molecule has 236 valence electrons. The van der Waals surface area contributed by atoms with Gasteiger partial charge in [0, 0.05) is 54.1 Å². The van der Waals surface area contributed by atoms with Crippen LogP contribution in [0.5, 0.6) is 0 Å². The molecule has 3 aliphatic rings. The highest BCUT2D eigenvalue weighted by Crippen LogP contribution is 2.60. The van der Waals surface area contributed by atoms with Crippen LogP contribution in [0.1, 0.15) is 53.6 Å². The van der Waals surface area contributed by atoms with Gasteiger partial charge in [0.1, 0.15) is 5.82 Å². The van der Waals surface area contributed by atoms with Gasteiger partial charge in [-0.05, 0) is 85.7 Å². The number of hydrogen-bond donors (Lipinski definition) is 1. The topological polar surface area (TPSA) is 82.2 Å². The van der Waals surface area contributed by atoms with E-state index in [0.29, 0.717) is 52.8 Å². The van der Waals surface area contributed by atoms with Crippen molar-refractivity contribution in [2.75, 3.05) is 37.5 Å². The Morgan fingerprint density at radius 2 is 1.87 bits per heavy atom. The van der Waals surface area contributed by atoms with Gasteiger partial charge in [-0.1, -0.05) is 41.4 Å². The smallest absolute Gasteiger partial charge is 0.277 e. The standard InChI is InChI=1S/C34H35Cl2FN4O4/c1-34(25-14-11-22(35)17-27(25)38-19-42)30(24-5-4-6-26(36)31(24)37)29-28(41(34)18-20-7-8-20)15-16-40(33(29)44)23-12-9-21(10-13-23)32(43)39(2)45-3/h4-6,9-14,17,19-20,28-30H,7-8,15-16,18H2,1-3H3,(H,38,42)/t28-,29+,30-,34+/m0/s1. The first-order valence-electron chi connectivity index (χ1n) is 15.0. The van der Waals surface area contributed by atoms with E-state index in [-0.39, 0.29) is 22.9 Å². The third-order valence-electron chi connectivity index (χ3n) is 9.77. The zero-order valence-electron chi connectivity index (χ0n) is 25.3. The summed E-state index contributed by atoms with van der Waals surface area (Å²) in [6.07, 6.45) is 3.42. The SMILES string of the molecule is CON(C)C(=O)c1ccc(N2CC[C@H]3[C@@H](C2=O)[C@H](c2cccc(Cl)c2F)[C@@](C)(c2ccc(Cl)cc2NC=O)N3CC2CC2)cc1.